The van der Waals surface area contributed by atoms with Crippen LogP contribution in [0, 0.1) is 12.8 Å². The fraction of sp³-hybridized carbons (Fsp3) is 0.310. The molecule has 2 aliphatic rings. The molecule has 5 heterocycles. The number of hydrogen-bond acceptors (Lipinski definition) is 5. The van der Waals surface area contributed by atoms with Crippen molar-refractivity contribution in [2.75, 3.05) is 26.2 Å². The zero-order valence-electron chi connectivity index (χ0n) is 20.5. The fourth-order valence-corrected chi connectivity index (χ4v) is 5.30. The zero-order chi connectivity index (χ0) is 24.5. The van der Waals surface area contributed by atoms with E-state index in [0.717, 1.165) is 83.7 Å². The van der Waals surface area contributed by atoms with Crippen LogP contribution >= 0.6 is 0 Å². The maximum absolute atomic E-state index is 12.9. The lowest BCUT2D eigenvalue weighted by Crippen LogP contribution is -2.44. The van der Waals surface area contributed by atoms with Crippen molar-refractivity contribution in [1.29, 1.82) is 0 Å². The summed E-state index contributed by atoms with van der Waals surface area (Å²) in [4.78, 5) is 32.2. The second kappa shape index (κ2) is 9.66. The van der Waals surface area contributed by atoms with Crippen LogP contribution < -0.4 is 5.32 Å². The van der Waals surface area contributed by atoms with Gasteiger partial charge in [0, 0.05) is 42.5 Å². The zero-order valence-corrected chi connectivity index (χ0v) is 20.5. The van der Waals surface area contributed by atoms with Crippen LogP contribution in [0.25, 0.3) is 39.1 Å². The first-order valence-electron chi connectivity index (χ1n) is 12.7. The van der Waals surface area contributed by atoms with Gasteiger partial charge in [-0.15, -0.1) is 0 Å². The van der Waals surface area contributed by atoms with Crippen molar-refractivity contribution >= 4 is 22.4 Å². The smallest absolute Gasteiger partial charge is 0.227 e. The van der Waals surface area contributed by atoms with E-state index in [9.17, 15) is 4.79 Å². The summed E-state index contributed by atoms with van der Waals surface area (Å²) in [6.07, 6.45) is 8.79. The molecule has 6 rings (SSSR count). The summed E-state index contributed by atoms with van der Waals surface area (Å²) in [5.74, 6) is 0.410. The summed E-state index contributed by atoms with van der Waals surface area (Å²) in [5.41, 5.74) is 7.99. The highest BCUT2D eigenvalue weighted by Gasteiger charge is 2.27. The van der Waals surface area contributed by atoms with Gasteiger partial charge in [0.25, 0.3) is 0 Å². The molecule has 1 unspecified atom stereocenters. The van der Waals surface area contributed by atoms with Gasteiger partial charge in [0.1, 0.15) is 0 Å². The summed E-state index contributed by atoms with van der Waals surface area (Å²) >= 11 is 0. The van der Waals surface area contributed by atoms with Gasteiger partial charge in [-0.2, -0.15) is 0 Å². The lowest BCUT2D eigenvalue weighted by atomic mass is 9.95. The number of piperidine rings is 1. The highest BCUT2D eigenvalue weighted by molar-refractivity contribution is 5.89. The molecule has 7 heteroatoms. The molecule has 2 N–H and O–H groups in total. The van der Waals surface area contributed by atoms with Crippen molar-refractivity contribution in [1.82, 2.24) is 30.2 Å². The lowest BCUT2D eigenvalue weighted by molar-refractivity contribution is -0.135. The Kier molecular flexibility index (Phi) is 6.07. The molecule has 2 aliphatic heterocycles. The monoisotopic (exact) mass is 478 g/mol. The standard InChI is InChI=1S/C29H30N6O/c1-19-4-2-6-26(34-19)28-27(32-18-33-28)21-7-8-25-23(14-21)15-24(17-31-25)20-9-12-35(13-10-20)29(36)22-5-3-11-30-16-22/h2,4,6-9,14-15,17-18,22,30H,3,5,10-13,16H2,1H3,(H,32,33). The van der Waals surface area contributed by atoms with Crippen LogP contribution in [-0.4, -0.2) is 56.9 Å². The number of carbonyl (C=O) groups excluding carboxylic acids is 1. The third-order valence-corrected chi connectivity index (χ3v) is 7.28. The van der Waals surface area contributed by atoms with E-state index in [2.05, 4.69) is 44.5 Å². The molecule has 3 aromatic heterocycles. The Morgan fingerprint density at radius 1 is 1.11 bits per heavy atom. The fourth-order valence-electron chi connectivity index (χ4n) is 5.30. The van der Waals surface area contributed by atoms with Gasteiger partial charge < -0.3 is 15.2 Å². The van der Waals surface area contributed by atoms with Gasteiger partial charge in [0.15, 0.2) is 0 Å². The van der Waals surface area contributed by atoms with E-state index in [4.69, 9.17) is 4.98 Å². The summed E-state index contributed by atoms with van der Waals surface area (Å²) < 4.78 is 0. The number of benzene rings is 1. The Bertz CT molecular complexity index is 1450. The maximum Gasteiger partial charge on any atom is 0.227 e. The van der Waals surface area contributed by atoms with Gasteiger partial charge >= 0.3 is 0 Å². The largest absolute Gasteiger partial charge is 0.343 e. The van der Waals surface area contributed by atoms with Gasteiger partial charge in [-0.1, -0.05) is 18.2 Å². The minimum absolute atomic E-state index is 0.122. The van der Waals surface area contributed by atoms with Crippen molar-refractivity contribution < 1.29 is 4.79 Å². The van der Waals surface area contributed by atoms with E-state index in [1.165, 1.54) is 5.57 Å². The normalized spacial score (nSPS) is 18.3. The van der Waals surface area contributed by atoms with Crippen LogP contribution in [0.3, 0.4) is 0 Å². The topological polar surface area (TPSA) is 86.8 Å². The molecule has 0 radical (unpaired) electrons. The van der Waals surface area contributed by atoms with Crippen LogP contribution in [0.4, 0.5) is 0 Å². The number of nitrogens with zero attached hydrogens (tertiary/aromatic N) is 4. The highest BCUT2D eigenvalue weighted by Crippen LogP contribution is 2.31. The molecule has 4 aromatic rings. The minimum Gasteiger partial charge on any atom is -0.343 e. The van der Waals surface area contributed by atoms with Gasteiger partial charge in [0.05, 0.1) is 34.8 Å². The predicted molar refractivity (Wildman–Crippen MR) is 142 cm³/mol. The van der Waals surface area contributed by atoms with Crippen LogP contribution in [-0.2, 0) is 4.79 Å². The van der Waals surface area contributed by atoms with E-state index < -0.39 is 0 Å². The SMILES string of the molecule is Cc1cccc(-c2[nH]cnc2-c2ccc3ncc(C4=CCN(C(=O)C5CCCNC5)CC4)cc3c2)n1. The molecule has 0 spiro atoms. The average molecular weight is 479 g/mol. The number of H-pyrrole nitrogens is 1. The number of aryl methyl sites for hydroxylation is 1. The highest BCUT2D eigenvalue weighted by atomic mass is 16.2. The quantitative estimate of drug-likeness (QED) is 0.447. The number of pyridine rings is 2. The molecule has 1 atom stereocenters. The Labute approximate surface area is 210 Å². The number of rotatable bonds is 4. The Morgan fingerprint density at radius 3 is 2.83 bits per heavy atom. The van der Waals surface area contributed by atoms with Crippen LogP contribution in [0.5, 0.6) is 0 Å². The van der Waals surface area contributed by atoms with Crippen molar-refractivity contribution in [3.63, 3.8) is 0 Å². The molecule has 0 aliphatic carbocycles. The number of aromatic nitrogens is 4. The van der Waals surface area contributed by atoms with Crippen molar-refractivity contribution in [3.05, 3.63) is 72.3 Å². The predicted octanol–water partition coefficient (Wildman–Crippen LogP) is 4.61. The molecule has 0 saturated carbocycles. The number of nitrogens with one attached hydrogen (secondary N) is 2. The summed E-state index contributed by atoms with van der Waals surface area (Å²) in [6.45, 7) is 5.25. The van der Waals surface area contributed by atoms with Gasteiger partial charge in [0.2, 0.25) is 5.91 Å². The second-order valence-corrected chi connectivity index (χ2v) is 9.73. The molecular weight excluding hydrogens is 448 g/mol. The molecule has 0 bridgehead atoms. The molecule has 7 nitrogen and oxygen atoms in total. The number of hydrogen-bond donors (Lipinski definition) is 2. The van der Waals surface area contributed by atoms with Gasteiger partial charge in [-0.3, -0.25) is 14.8 Å². The lowest BCUT2D eigenvalue weighted by Gasteiger charge is -2.31. The van der Waals surface area contributed by atoms with E-state index in [0.29, 0.717) is 6.54 Å². The van der Waals surface area contributed by atoms with Gasteiger partial charge in [-0.05, 0) is 74.2 Å². The Morgan fingerprint density at radius 2 is 2.03 bits per heavy atom. The van der Waals surface area contributed by atoms with Crippen LogP contribution in [0.2, 0.25) is 0 Å². The van der Waals surface area contributed by atoms with E-state index in [-0.39, 0.29) is 11.8 Å². The van der Waals surface area contributed by atoms with E-state index >= 15 is 0 Å². The molecule has 182 valence electrons. The molecule has 1 amide bonds. The first-order chi connectivity index (χ1) is 17.7. The number of imidazole rings is 1. The maximum atomic E-state index is 12.9. The Hall–Kier alpha value is -3.84. The second-order valence-electron chi connectivity index (χ2n) is 9.73. The number of fused-ring (bicyclic) bond motifs is 1. The third-order valence-electron chi connectivity index (χ3n) is 7.28. The molecular formula is C29H30N6O. The third kappa shape index (κ3) is 4.42. The molecule has 36 heavy (non-hydrogen) atoms. The van der Waals surface area contributed by atoms with Crippen LogP contribution in [0.15, 0.2) is 61.1 Å². The van der Waals surface area contributed by atoms with E-state index in [1.54, 1.807) is 6.33 Å². The summed E-state index contributed by atoms with van der Waals surface area (Å²) in [7, 11) is 0. The average Bonchev–Trinajstić information content (AvgIpc) is 3.43. The van der Waals surface area contributed by atoms with E-state index in [1.807, 2.05) is 42.3 Å². The number of carbonyl (C=O) groups is 1. The van der Waals surface area contributed by atoms with Crippen LogP contribution in [0.1, 0.15) is 30.5 Å². The first kappa shape index (κ1) is 22.6. The van der Waals surface area contributed by atoms with Gasteiger partial charge in [-0.25, -0.2) is 4.98 Å². The minimum atomic E-state index is 0.122. The van der Waals surface area contributed by atoms with Crippen molar-refractivity contribution in [3.8, 4) is 22.6 Å². The first-order valence-corrected chi connectivity index (χ1v) is 12.7. The molecule has 1 saturated heterocycles. The number of aromatic amines is 1. The summed E-state index contributed by atoms with van der Waals surface area (Å²) in [6, 6.07) is 14.5. The Balaban J connectivity index is 1.25. The number of amides is 1. The molecule has 1 aromatic carbocycles. The molecule has 1 fully saturated rings. The van der Waals surface area contributed by atoms with Crippen molar-refractivity contribution in [2.24, 2.45) is 5.92 Å². The van der Waals surface area contributed by atoms with Crippen molar-refractivity contribution in [2.45, 2.75) is 26.2 Å². The summed E-state index contributed by atoms with van der Waals surface area (Å²) in [5, 5.41) is 4.43.